The van der Waals surface area contributed by atoms with E-state index in [4.69, 9.17) is 4.74 Å². The zero-order valence-electron chi connectivity index (χ0n) is 13.7. The minimum absolute atomic E-state index is 0.0798. The second kappa shape index (κ2) is 8.31. The van der Waals surface area contributed by atoms with Gasteiger partial charge in [0.25, 0.3) is 0 Å². The van der Waals surface area contributed by atoms with Crippen molar-refractivity contribution in [2.24, 2.45) is 0 Å². The molecule has 0 atom stereocenters. The van der Waals surface area contributed by atoms with Crippen molar-refractivity contribution in [1.82, 2.24) is 5.32 Å². The number of ether oxygens (including phenoxy) is 1. The van der Waals surface area contributed by atoms with Crippen LogP contribution in [0.5, 0.6) is 0 Å². The summed E-state index contributed by atoms with van der Waals surface area (Å²) in [5.74, 6) is 0.0798. The highest BCUT2D eigenvalue weighted by Crippen LogP contribution is 2.26. The van der Waals surface area contributed by atoms with E-state index in [9.17, 15) is 4.79 Å². The smallest absolute Gasteiger partial charge is 0.225 e. The number of para-hydroxylation sites is 2. The van der Waals surface area contributed by atoms with Gasteiger partial charge in [-0.1, -0.05) is 25.0 Å². The largest absolute Gasteiger partial charge is 0.378 e. The fraction of sp³-hybridized carbons (Fsp3) is 0.611. The van der Waals surface area contributed by atoms with Gasteiger partial charge in [0.05, 0.1) is 24.6 Å². The number of rotatable bonds is 6. The molecule has 0 radical (unpaired) electrons. The third-order valence-corrected chi connectivity index (χ3v) is 4.67. The van der Waals surface area contributed by atoms with E-state index in [1.165, 1.54) is 25.7 Å². The lowest BCUT2D eigenvalue weighted by Gasteiger charge is -2.30. The van der Waals surface area contributed by atoms with Gasteiger partial charge in [-0.15, -0.1) is 0 Å². The van der Waals surface area contributed by atoms with Gasteiger partial charge in [-0.2, -0.15) is 0 Å². The highest BCUT2D eigenvalue weighted by atomic mass is 16.5. The Morgan fingerprint density at radius 3 is 2.70 bits per heavy atom. The number of hydrogen-bond acceptors (Lipinski definition) is 4. The molecule has 126 valence electrons. The zero-order valence-corrected chi connectivity index (χ0v) is 13.7. The summed E-state index contributed by atoms with van der Waals surface area (Å²) in [7, 11) is 0. The first kappa shape index (κ1) is 16.3. The van der Waals surface area contributed by atoms with E-state index in [0.717, 1.165) is 44.2 Å². The summed E-state index contributed by atoms with van der Waals surface area (Å²) in [4.78, 5) is 14.5. The number of nitrogens with one attached hydrogen (secondary N) is 2. The van der Waals surface area contributed by atoms with Crippen LogP contribution in [-0.4, -0.2) is 44.8 Å². The van der Waals surface area contributed by atoms with Crippen LogP contribution in [0.2, 0.25) is 0 Å². The van der Waals surface area contributed by atoms with Crippen molar-refractivity contribution in [3.63, 3.8) is 0 Å². The Hall–Kier alpha value is -1.59. The number of anilines is 2. The monoisotopic (exact) mass is 317 g/mol. The Morgan fingerprint density at radius 2 is 1.91 bits per heavy atom. The number of hydrogen-bond donors (Lipinski definition) is 2. The number of carbonyl (C=O) groups excluding carboxylic acids is 1. The molecule has 1 aromatic rings. The molecule has 0 spiro atoms. The van der Waals surface area contributed by atoms with Gasteiger partial charge < -0.3 is 20.3 Å². The number of nitrogens with zero attached hydrogens (tertiary/aromatic N) is 1. The third-order valence-electron chi connectivity index (χ3n) is 4.67. The molecule has 3 rings (SSSR count). The van der Waals surface area contributed by atoms with E-state index in [2.05, 4.69) is 21.6 Å². The molecule has 2 aliphatic rings. The van der Waals surface area contributed by atoms with E-state index >= 15 is 0 Å². The number of carbonyl (C=O) groups is 1. The standard InChI is InChI=1S/C18H27N3O2/c22-18(9-10-19-15-5-1-2-6-15)20-16-7-3-4-8-17(16)21-11-13-23-14-12-21/h3-4,7-8,15,19H,1-2,5-6,9-14H2,(H,20,22). The van der Waals surface area contributed by atoms with Crippen LogP contribution in [0.4, 0.5) is 11.4 Å². The molecule has 0 unspecified atom stereocenters. The van der Waals surface area contributed by atoms with Crippen LogP contribution in [0.25, 0.3) is 0 Å². The molecule has 5 heteroatoms. The summed E-state index contributed by atoms with van der Waals surface area (Å²) >= 11 is 0. The Labute approximate surface area is 138 Å². The molecule has 1 saturated heterocycles. The molecular formula is C18H27N3O2. The van der Waals surface area contributed by atoms with Crippen molar-refractivity contribution in [3.05, 3.63) is 24.3 Å². The maximum absolute atomic E-state index is 12.2. The molecule has 5 nitrogen and oxygen atoms in total. The molecule has 23 heavy (non-hydrogen) atoms. The highest BCUT2D eigenvalue weighted by molar-refractivity contribution is 5.94. The van der Waals surface area contributed by atoms with Crippen molar-refractivity contribution in [3.8, 4) is 0 Å². The first-order valence-electron chi connectivity index (χ1n) is 8.78. The molecule has 2 fully saturated rings. The molecule has 1 aliphatic carbocycles. The van der Waals surface area contributed by atoms with Crippen molar-refractivity contribution in [2.45, 2.75) is 38.1 Å². The van der Waals surface area contributed by atoms with Crippen LogP contribution in [0.15, 0.2) is 24.3 Å². The van der Waals surface area contributed by atoms with E-state index in [1.54, 1.807) is 0 Å². The highest BCUT2D eigenvalue weighted by Gasteiger charge is 2.17. The first-order chi connectivity index (χ1) is 11.3. The predicted molar refractivity (Wildman–Crippen MR) is 93.0 cm³/mol. The van der Waals surface area contributed by atoms with E-state index in [1.807, 2.05) is 18.2 Å². The maximum atomic E-state index is 12.2. The van der Waals surface area contributed by atoms with Crippen molar-refractivity contribution < 1.29 is 9.53 Å². The van der Waals surface area contributed by atoms with Crippen LogP contribution in [0, 0.1) is 0 Å². The van der Waals surface area contributed by atoms with Crippen LogP contribution >= 0.6 is 0 Å². The summed E-state index contributed by atoms with van der Waals surface area (Å²) < 4.78 is 5.41. The van der Waals surface area contributed by atoms with E-state index in [-0.39, 0.29) is 5.91 Å². The van der Waals surface area contributed by atoms with Gasteiger partial charge in [-0.3, -0.25) is 4.79 Å². The van der Waals surface area contributed by atoms with Gasteiger partial charge in [-0.25, -0.2) is 0 Å². The summed E-state index contributed by atoms with van der Waals surface area (Å²) in [6.07, 6.45) is 5.66. The van der Waals surface area contributed by atoms with Gasteiger partial charge in [0.1, 0.15) is 0 Å². The molecular weight excluding hydrogens is 290 g/mol. The predicted octanol–water partition coefficient (Wildman–Crippen LogP) is 2.38. The Morgan fingerprint density at radius 1 is 1.17 bits per heavy atom. The van der Waals surface area contributed by atoms with Crippen LogP contribution < -0.4 is 15.5 Å². The van der Waals surface area contributed by atoms with Crippen molar-refractivity contribution >= 4 is 17.3 Å². The molecule has 2 N–H and O–H groups in total. The lowest BCUT2D eigenvalue weighted by atomic mass is 10.2. The van der Waals surface area contributed by atoms with Crippen molar-refractivity contribution in [1.29, 1.82) is 0 Å². The fourth-order valence-corrected chi connectivity index (χ4v) is 3.39. The molecule has 0 aromatic heterocycles. The molecule has 1 heterocycles. The molecule has 1 amide bonds. The lowest BCUT2D eigenvalue weighted by Crippen LogP contribution is -2.36. The minimum atomic E-state index is 0.0798. The Kier molecular flexibility index (Phi) is 5.88. The number of amides is 1. The number of morpholine rings is 1. The summed E-state index contributed by atoms with van der Waals surface area (Å²) in [6.45, 7) is 3.99. The Bertz CT molecular complexity index is 509. The SMILES string of the molecule is O=C(CCNC1CCCC1)Nc1ccccc1N1CCOCC1. The van der Waals surface area contributed by atoms with Gasteiger partial charge in [0, 0.05) is 32.1 Å². The summed E-state index contributed by atoms with van der Waals surface area (Å²) in [5.41, 5.74) is 1.99. The van der Waals surface area contributed by atoms with Crippen LogP contribution in [0.1, 0.15) is 32.1 Å². The topological polar surface area (TPSA) is 53.6 Å². The lowest BCUT2D eigenvalue weighted by molar-refractivity contribution is -0.116. The average Bonchev–Trinajstić information content (AvgIpc) is 3.09. The Balaban J connectivity index is 1.51. The number of benzene rings is 1. The molecule has 0 bridgehead atoms. The van der Waals surface area contributed by atoms with Crippen LogP contribution in [0.3, 0.4) is 0 Å². The van der Waals surface area contributed by atoms with E-state index < -0.39 is 0 Å². The summed E-state index contributed by atoms with van der Waals surface area (Å²) in [5, 5.41) is 6.56. The fourth-order valence-electron chi connectivity index (χ4n) is 3.39. The first-order valence-corrected chi connectivity index (χ1v) is 8.78. The maximum Gasteiger partial charge on any atom is 0.225 e. The van der Waals surface area contributed by atoms with Crippen LogP contribution in [-0.2, 0) is 9.53 Å². The average molecular weight is 317 g/mol. The van der Waals surface area contributed by atoms with Gasteiger partial charge >= 0.3 is 0 Å². The van der Waals surface area contributed by atoms with Gasteiger partial charge in [0.15, 0.2) is 0 Å². The van der Waals surface area contributed by atoms with E-state index in [0.29, 0.717) is 12.5 Å². The zero-order chi connectivity index (χ0) is 15.9. The second-order valence-corrected chi connectivity index (χ2v) is 6.35. The quantitative estimate of drug-likeness (QED) is 0.846. The normalized spacial score (nSPS) is 19.0. The molecule has 1 saturated carbocycles. The molecule has 1 aliphatic heterocycles. The van der Waals surface area contributed by atoms with Gasteiger partial charge in [0.2, 0.25) is 5.91 Å². The molecule has 1 aromatic carbocycles. The van der Waals surface area contributed by atoms with Gasteiger partial charge in [-0.05, 0) is 25.0 Å². The second-order valence-electron chi connectivity index (χ2n) is 6.35. The van der Waals surface area contributed by atoms with Crippen molar-refractivity contribution in [2.75, 3.05) is 43.1 Å². The summed E-state index contributed by atoms with van der Waals surface area (Å²) in [6, 6.07) is 8.65. The minimum Gasteiger partial charge on any atom is -0.378 e. The third kappa shape index (κ3) is 4.69.